The van der Waals surface area contributed by atoms with Crippen LogP contribution in [0.25, 0.3) is 0 Å². The highest BCUT2D eigenvalue weighted by Gasteiger charge is 2.30. The maximum Gasteiger partial charge on any atom is 0.281 e. The molecule has 0 aliphatic carbocycles. The molecule has 0 aromatic carbocycles. The van der Waals surface area contributed by atoms with E-state index < -0.39 is 10.2 Å². The third-order valence-corrected chi connectivity index (χ3v) is 5.00. The highest BCUT2D eigenvalue weighted by atomic mass is 32.2. The summed E-state index contributed by atoms with van der Waals surface area (Å²) in [6.45, 7) is 3.95. The topological polar surface area (TPSA) is 93.7 Å². The van der Waals surface area contributed by atoms with Crippen LogP contribution in [0.1, 0.15) is 6.92 Å². The first-order valence-electron chi connectivity index (χ1n) is 5.52. The fraction of sp³-hybridized carbons (Fsp3) is 0.889. The van der Waals surface area contributed by atoms with Gasteiger partial charge in [-0.15, -0.1) is 0 Å². The van der Waals surface area contributed by atoms with Crippen LogP contribution in [0.3, 0.4) is 0 Å². The molecular weight excluding hydrogens is 242 g/mol. The lowest BCUT2D eigenvalue weighted by Crippen LogP contribution is -2.55. The van der Waals surface area contributed by atoms with Gasteiger partial charge in [0.1, 0.15) is 5.84 Å². The minimum atomic E-state index is -3.31. The molecule has 1 aliphatic heterocycles. The number of hydrogen-bond acceptors (Lipinski definition) is 4. The minimum absolute atomic E-state index is 0.119. The normalized spacial score (nSPS) is 21.6. The van der Waals surface area contributed by atoms with Crippen molar-refractivity contribution in [3.05, 3.63) is 0 Å². The maximum absolute atomic E-state index is 11.9. The smallest absolute Gasteiger partial charge is 0.281 e. The van der Waals surface area contributed by atoms with Crippen LogP contribution in [-0.4, -0.2) is 74.1 Å². The molecule has 1 saturated heterocycles. The molecule has 1 fully saturated rings. The van der Waals surface area contributed by atoms with Gasteiger partial charge < -0.3 is 5.73 Å². The molecule has 0 radical (unpaired) electrons. The van der Waals surface area contributed by atoms with Gasteiger partial charge in [0, 0.05) is 40.3 Å². The number of rotatable bonds is 4. The predicted molar refractivity (Wildman–Crippen MR) is 67.1 cm³/mol. The molecule has 17 heavy (non-hydrogen) atoms. The second-order valence-corrected chi connectivity index (χ2v) is 6.50. The fourth-order valence-electron chi connectivity index (χ4n) is 1.75. The number of nitrogens with two attached hydrogens (primary N) is 1. The van der Waals surface area contributed by atoms with Gasteiger partial charge in [-0.25, -0.2) is 0 Å². The Labute approximate surface area is 103 Å². The summed E-state index contributed by atoms with van der Waals surface area (Å²) in [5.74, 6) is 0.119. The standard InChI is InChI=1S/C9H21N5O2S/c1-8(9(10)11)13-4-6-14(7-5-13)17(15,16)12(2)3/h8H,4-7H2,1-3H3,(H3,10,11). The average Bonchev–Trinajstić information content (AvgIpc) is 2.27. The summed E-state index contributed by atoms with van der Waals surface area (Å²) in [5, 5.41) is 7.37. The van der Waals surface area contributed by atoms with Crippen molar-refractivity contribution in [1.29, 1.82) is 5.41 Å². The Morgan fingerprint density at radius 3 is 2.12 bits per heavy atom. The largest absolute Gasteiger partial charge is 0.386 e. The van der Waals surface area contributed by atoms with E-state index in [1.165, 1.54) is 22.7 Å². The summed E-state index contributed by atoms with van der Waals surface area (Å²) in [5.41, 5.74) is 5.44. The monoisotopic (exact) mass is 263 g/mol. The quantitative estimate of drug-likeness (QED) is 0.489. The van der Waals surface area contributed by atoms with E-state index in [2.05, 4.69) is 0 Å². The second kappa shape index (κ2) is 5.30. The molecule has 0 spiro atoms. The summed E-state index contributed by atoms with van der Waals surface area (Å²) in [7, 11) is -0.259. The summed E-state index contributed by atoms with van der Waals surface area (Å²) in [4.78, 5) is 2.02. The van der Waals surface area contributed by atoms with Crippen molar-refractivity contribution < 1.29 is 8.42 Å². The van der Waals surface area contributed by atoms with E-state index in [9.17, 15) is 8.42 Å². The maximum atomic E-state index is 11.9. The molecule has 0 amide bonds. The Kier molecular flexibility index (Phi) is 4.48. The van der Waals surface area contributed by atoms with Crippen LogP contribution < -0.4 is 5.73 Å². The summed E-state index contributed by atoms with van der Waals surface area (Å²) in [6, 6.07) is -0.126. The Hall–Kier alpha value is -0.700. The van der Waals surface area contributed by atoms with Gasteiger partial charge in [-0.05, 0) is 6.92 Å². The zero-order chi connectivity index (χ0) is 13.2. The Bertz CT molecular complexity index is 373. The van der Waals surface area contributed by atoms with E-state index in [0.29, 0.717) is 26.2 Å². The third kappa shape index (κ3) is 3.15. The van der Waals surface area contributed by atoms with Crippen molar-refractivity contribution >= 4 is 16.0 Å². The summed E-state index contributed by atoms with van der Waals surface area (Å²) in [6.07, 6.45) is 0. The zero-order valence-corrected chi connectivity index (χ0v) is 11.4. The fourth-order valence-corrected chi connectivity index (χ4v) is 2.84. The van der Waals surface area contributed by atoms with Gasteiger partial charge in [-0.3, -0.25) is 10.3 Å². The first-order chi connectivity index (χ1) is 7.76. The number of hydrogen-bond donors (Lipinski definition) is 2. The molecule has 0 aromatic rings. The number of amidine groups is 1. The third-order valence-electron chi connectivity index (χ3n) is 3.06. The van der Waals surface area contributed by atoms with Gasteiger partial charge in [-0.2, -0.15) is 17.0 Å². The van der Waals surface area contributed by atoms with E-state index in [-0.39, 0.29) is 11.9 Å². The molecule has 7 nitrogen and oxygen atoms in total. The van der Waals surface area contributed by atoms with Crippen LogP contribution in [0.2, 0.25) is 0 Å². The van der Waals surface area contributed by atoms with Crippen LogP contribution >= 0.6 is 0 Å². The molecule has 1 unspecified atom stereocenters. The first-order valence-corrected chi connectivity index (χ1v) is 6.92. The summed E-state index contributed by atoms with van der Waals surface area (Å²) < 4.78 is 26.4. The van der Waals surface area contributed by atoms with Gasteiger partial charge >= 0.3 is 0 Å². The van der Waals surface area contributed by atoms with Gasteiger partial charge in [0.15, 0.2) is 0 Å². The molecule has 0 saturated carbocycles. The van der Waals surface area contributed by atoms with Crippen LogP contribution in [0.5, 0.6) is 0 Å². The lowest BCUT2D eigenvalue weighted by atomic mass is 10.2. The SMILES string of the molecule is CC(C(=N)N)N1CCN(S(=O)(=O)N(C)C)CC1. The number of nitrogens with zero attached hydrogens (tertiary/aromatic N) is 3. The molecule has 0 aromatic heterocycles. The van der Waals surface area contributed by atoms with Crippen molar-refractivity contribution in [3.8, 4) is 0 Å². The lowest BCUT2D eigenvalue weighted by Gasteiger charge is -2.37. The van der Waals surface area contributed by atoms with Crippen molar-refractivity contribution in [2.75, 3.05) is 40.3 Å². The molecule has 8 heteroatoms. The van der Waals surface area contributed by atoms with E-state index in [1.54, 1.807) is 0 Å². The van der Waals surface area contributed by atoms with Gasteiger partial charge in [-0.1, -0.05) is 0 Å². The van der Waals surface area contributed by atoms with Crippen molar-refractivity contribution in [2.24, 2.45) is 5.73 Å². The van der Waals surface area contributed by atoms with E-state index >= 15 is 0 Å². The highest BCUT2D eigenvalue weighted by Crippen LogP contribution is 2.11. The average molecular weight is 263 g/mol. The van der Waals surface area contributed by atoms with Gasteiger partial charge in [0.25, 0.3) is 10.2 Å². The van der Waals surface area contributed by atoms with Crippen molar-refractivity contribution in [3.63, 3.8) is 0 Å². The molecule has 1 heterocycles. The van der Waals surface area contributed by atoms with Crippen LogP contribution in [0.4, 0.5) is 0 Å². The summed E-state index contributed by atoms with van der Waals surface area (Å²) >= 11 is 0. The van der Waals surface area contributed by atoms with E-state index in [0.717, 1.165) is 0 Å². The van der Waals surface area contributed by atoms with E-state index in [1.807, 2.05) is 11.8 Å². The molecule has 1 aliphatic rings. The molecule has 3 N–H and O–H groups in total. The number of piperazine rings is 1. The molecule has 100 valence electrons. The highest BCUT2D eigenvalue weighted by molar-refractivity contribution is 7.86. The molecule has 0 bridgehead atoms. The molecular formula is C9H21N5O2S. The molecule has 1 atom stereocenters. The van der Waals surface area contributed by atoms with Gasteiger partial charge in [0.2, 0.25) is 0 Å². The van der Waals surface area contributed by atoms with E-state index in [4.69, 9.17) is 11.1 Å². The second-order valence-electron chi connectivity index (χ2n) is 4.36. The lowest BCUT2D eigenvalue weighted by molar-refractivity contribution is 0.169. The first kappa shape index (κ1) is 14.4. The molecule has 1 rings (SSSR count). The minimum Gasteiger partial charge on any atom is -0.386 e. The zero-order valence-electron chi connectivity index (χ0n) is 10.5. The predicted octanol–water partition coefficient (Wildman–Crippen LogP) is -1.27. The van der Waals surface area contributed by atoms with Crippen molar-refractivity contribution in [1.82, 2.24) is 13.5 Å². The Morgan fingerprint density at radius 1 is 1.29 bits per heavy atom. The Morgan fingerprint density at radius 2 is 1.76 bits per heavy atom. The Balaban J connectivity index is 2.60. The van der Waals surface area contributed by atoms with Gasteiger partial charge in [0.05, 0.1) is 6.04 Å². The van der Waals surface area contributed by atoms with Crippen LogP contribution in [0, 0.1) is 5.41 Å². The van der Waals surface area contributed by atoms with Crippen LogP contribution in [0.15, 0.2) is 0 Å². The van der Waals surface area contributed by atoms with Crippen LogP contribution in [-0.2, 0) is 10.2 Å². The van der Waals surface area contributed by atoms with Crippen molar-refractivity contribution in [2.45, 2.75) is 13.0 Å². The number of nitrogens with one attached hydrogen (secondary N) is 1.